The van der Waals surface area contributed by atoms with Gasteiger partial charge in [0.1, 0.15) is 11.8 Å². The van der Waals surface area contributed by atoms with Crippen molar-refractivity contribution in [3.8, 4) is 0 Å². The first kappa shape index (κ1) is 20.7. The number of benzene rings is 3. The second-order valence-electron chi connectivity index (χ2n) is 10.4. The Balaban J connectivity index is 1.63. The Morgan fingerprint density at radius 1 is 1.08 bits per heavy atom. The first-order valence-corrected chi connectivity index (χ1v) is 12.5. The van der Waals surface area contributed by atoms with Gasteiger partial charge in [-0.2, -0.15) is 0 Å². The lowest BCUT2D eigenvalue weighted by Crippen LogP contribution is -2.56. The number of carbonyl (C=O) groups excluding carboxylic acids is 1. The summed E-state index contributed by atoms with van der Waals surface area (Å²) in [6.07, 6.45) is -0.0606. The Labute approximate surface area is 206 Å². The molecule has 0 radical (unpaired) electrons. The summed E-state index contributed by atoms with van der Waals surface area (Å²) in [6, 6.07) is 16.3. The predicted octanol–water partition coefficient (Wildman–Crippen LogP) is 3.06. The first-order valence-electron chi connectivity index (χ1n) is 12.5. The van der Waals surface area contributed by atoms with Crippen LogP contribution in [0.2, 0.25) is 0 Å². The zero-order valence-corrected chi connectivity index (χ0v) is 19.8. The molecule has 182 valence electrons. The maximum atomic E-state index is 13.3. The molecule has 8 heteroatoms. The van der Waals surface area contributed by atoms with E-state index in [4.69, 9.17) is 4.74 Å². The third-order valence-electron chi connectivity index (χ3n) is 8.68. The molecule has 3 aromatic carbocycles. The highest BCUT2D eigenvalue weighted by molar-refractivity contribution is 6.31. The molecule has 1 amide bonds. The number of rotatable bonds is 4. The van der Waals surface area contributed by atoms with Gasteiger partial charge in [-0.3, -0.25) is 4.79 Å². The van der Waals surface area contributed by atoms with Crippen LogP contribution in [-0.4, -0.2) is 50.6 Å². The van der Waals surface area contributed by atoms with Crippen LogP contribution in [-0.2, 0) is 17.0 Å². The molecule has 2 aromatic heterocycles. The molecule has 0 unspecified atom stereocenters. The summed E-state index contributed by atoms with van der Waals surface area (Å²) in [5, 5.41) is 32.0. The Bertz CT molecular complexity index is 1790. The lowest BCUT2D eigenvalue weighted by Gasteiger charge is -2.40. The molecule has 3 aliphatic rings. The van der Waals surface area contributed by atoms with Crippen molar-refractivity contribution in [1.82, 2.24) is 19.8 Å². The van der Waals surface area contributed by atoms with Crippen molar-refractivity contribution in [2.24, 2.45) is 0 Å². The Morgan fingerprint density at radius 2 is 1.81 bits per heavy atom. The van der Waals surface area contributed by atoms with Crippen LogP contribution in [0.5, 0.6) is 0 Å². The lowest BCUT2D eigenvalue weighted by atomic mass is 9.88. The molecular formula is C28H26N4O4. The summed E-state index contributed by atoms with van der Waals surface area (Å²) in [5.74, 6) is -0.0436. The van der Waals surface area contributed by atoms with Crippen molar-refractivity contribution in [1.29, 1.82) is 0 Å². The van der Waals surface area contributed by atoms with Gasteiger partial charge in [0, 0.05) is 47.6 Å². The number of aliphatic hydroxyl groups excluding tert-OH is 1. The monoisotopic (exact) mass is 482 g/mol. The van der Waals surface area contributed by atoms with Gasteiger partial charge in [-0.05, 0) is 24.6 Å². The predicted molar refractivity (Wildman–Crippen MR) is 137 cm³/mol. The number of carbonyl (C=O) groups is 1. The van der Waals surface area contributed by atoms with E-state index in [0.717, 1.165) is 54.7 Å². The molecule has 8 rings (SSSR count). The third kappa shape index (κ3) is 2.19. The molecule has 5 aromatic rings. The van der Waals surface area contributed by atoms with Crippen LogP contribution in [0.4, 0.5) is 0 Å². The average molecular weight is 483 g/mol. The number of aliphatic hydroxyl groups is 2. The highest BCUT2D eigenvalue weighted by Gasteiger charge is 2.60. The van der Waals surface area contributed by atoms with E-state index in [9.17, 15) is 15.0 Å². The van der Waals surface area contributed by atoms with E-state index >= 15 is 0 Å². The van der Waals surface area contributed by atoms with Crippen molar-refractivity contribution >= 4 is 49.5 Å². The van der Waals surface area contributed by atoms with Gasteiger partial charge in [-0.25, -0.2) is 0 Å². The smallest absolute Gasteiger partial charge is 0.252 e. The molecule has 8 nitrogen and oxygen atoms in total. The number of nitrogens with one attached hydrogen (secondary N) is 2. The molecule has 0 spiro atoms. The topological polar surface area (TPSA) is 101 Å². The molecule has 36 heavy (non-hydrogen) atoms. The second kappa shape index (κ2) is 6.66. The van der Waals surface area contributed by atoms with E-state index in [1.165, 1.54) is 0 Å². The quantitative estimate of drug-likeness (QED) is 0.295. The first-order chi connectivity index (χ1) is 17.5. The average Bonchev–Trinajstić information content (AvgIpc) is 3.56. The summed E-state index contributed by atoms with van der Waals surface area (Å²) in [7, 11) is 0. The highest BCUT2D eigenvalue weighted by atomic mass is 16.6. The molecule has 0 saturated carbocycles. The normalized spacial score (nSPS) is 26.5. The second-order valence-corrected chi connectivity index (χ2v) is 10.4. The van der Waals surface area contributed by atoms with Gasteiger partial charge in [0.15, 0.2) is 5.72 Å². The molecule has 1 fully saturated rings. The van der Waals surface area contributed by atoms with Crippen molar-refractivity contribution in [2.45, 2.75) is 37.4 Å². The Hall–Kier alpha value is -3.43. The standard InChI is InChI=1S/C28H26N4O4/c1-27-28(35,14-29-10-11-33)12-20(36-27)31-18-8-4-2-6-15(18)22-23-17(13-30-26(23)34)21-16-7-3-5-9-19(16)32(27)25(21)24(22)31/h2-9,20,29,33,35H,10-14H2,1H3,(H,30,34)/t20-,27+,28+/m1/s1. The SMILES string of the molecule is C[C@]12O[C@H](C[C@]1(O)CNCCO)n1c3ccccc3c3c4c(c5c6ccccc6n2c5c31)CNC4=O. The van der Waals surface area contributed by atoms with Gasteiger partial charge in [-0.1, -0.05) is 36.4 Å². The van der Waals surface area contributed by atoms with E-state index in [1.54, 1.807) is 0 Å². The van der Waals surface area contributed by atoms with Crippen LogP contribution < -0.4 is 10.6 Å². The summed E-state index contributed by atoms with van der Waals surface area (Å²) in [5.41, 5.74) is 3.34. The van der Waals surface area contributed by atoms with Gasteiger partial charge in [-0.15, -0.1) is 0 Å². The molecule has 3 atom stereocenters. The number of ether oxygens (including phenoxy) is 1. The van der Waals surface area contributed by atoms with E-state index in [0.29, 0.717) is 19.5 Å². The summed E-state index contributed by atoms with van der Waals surface area (Å²) in [4.78, 5) is 13.3. The number of amides is 1. The third-order valence-corrected chi connectivity index (χ3v) is 8.68. The minimum Gasteiger partial charge on any atom is -0.395 e. The summed E-state index contributed by atoms with van der Waals surface area (Å²) < 4.78 is 11.3. The minimum atomic E-state index is -1.25. The van der Waals surface area contributed by atoms with E-state index < -0.39 is 17.6 Å². The molecule has 3 aliphatic heterocycles. The van der Waals surface area contributed by atoms with Crippen LogP contribution >= 0.6 is 0 Å². The fraction of sp³-hybridized carbons (Fsp3) is 0.321. The molecule has 2 bridgehead atoms. The van der Waals surface area contributed by atoms with Gasteiger partial charge in [0.25, 0.3) is 5.91 Å². The van der Waals surface area contributed by atoms with Crippen molar-refractivity contribution in [2.75, 3.05) is 19.7 Å². The molecular weight excluding hydrogens is 456 g/mol. The fourth-order valence-corrected chi connectivity index (χ4v) is 7.13. The van der Waals surface area contributed by atoms with Gasteiger partial charge >= 0.3 is 0 Å². The lowest BCUT2D eigenvalue weighted by molar-refractivity contribution is -0.175. The Kier molecular flexibility index (Phi) is 3.83. The van der Waals surface area contributed by atoms with Crippen LogP contribution in [0, 0.1) is 0 Å². The highest BCUT2D eigenvalue weighted by Crippen LogP contribution is 2.57. The summed E-state index contributed by atoms with van der Waals surface area (Å²) in [6.45, 7) is 3.09. The fourth-order valence-electron chi connectivity index (χ4n) is 7.13. The van der Waals surface area contributed by atoms with Crippen LogP contribution in [0.15, 0.2) is 48.5 Å². The van der Waals surface area contributed by atoms with Crippen molar-refractivity contribution < 1.29 is 19.7 Å². The van der Waals surface area contributed by atoms with Crippen molar-refractivity contribution in [3.63, 3.8) is 0 Å². The van der Waals surface area contributed by atoms with E-state index in [2.05, 4.69) is 44.0 Å². The van der Waals surface area contributed by atoms with Crippen LogP contribution in [0.25, 0.3) is 43.6 Å². The van der Waals surface area contributed by atoms with Crippen LogP contribution in [0.3, 0.4) is 0 Å². The van der Waals surface area contributed by atoms with E-state index in [-0.39, 0.29) is 19.1 Å². The van der Waals surface area contributed by atoms with Crippen molar-refractivity contribution in [3.05, 3.63) is 59.7 Å². The summed E-state index contributed by atoms with van der Waals surface area (Å²) >= 11 is 0. The zero-order valence-electron chi connectivity index (χ0n) is 19.8. The van der Waals surface area contributed by atoms with Gasteiger partial charge in [0.05, 0.1) is 34.2 Å². The number of hydrogen-bond acceptors (Lipinski definition) is 5. The van der Waals surface area contributed by atoms with Crippen LogP contribution in [0.1, 0.15) is 35.5 Å². The molecule has 1 saturated heterocycles. The number of nitrogens with zero attached hydrogens (tertiary/aromatic N) is 2. The maximum Gasteiger partial charge on any atom is 0.252 e. The number of para-hydroxylation sites is 2. The van der Waals surface area contributed by atoms with E-state index in [1.807, 2.05) is 31.2 Å². The van der Waals surface area contributed by atoms with Gasteiger partial charge < -0.3 is 34.7 Å². The number of aromatic nitrogens is 2. The maximum absolute atomic E-state index is 13.3. The van der Waals surface area contributed by atoms with Gasteiger partial charge in [0.2, 0.25) is 0 Å². The minimum absolute atomic E-state index is 0.00731. The number of hydrogen-bond donors (Lipinski definition) is 4. The molecule has 0 aliphatic carbocycles. The Morgan fingerprint density at radius 3 is 2.58 bits per heavy atom. The molecule has 5 heterocycles. The number of fused-ring (bicyclic) bond motifs is 13. The zero-order chi connectivity index (χ0) is 24.4. The largest absolute Gasteiger partial charge is 0.395 e. The molecule has 4 N–H and O–H groups in total.